The molecule has 4 rings (SSSR count). The number of aromatic hydroxyl groups is 1. The standard InChI is InChI=1S/C19H19FN6O/c1-12(14-4-5-21-9-16(14)20)19-23-10-17(24-25-19)15-3-2-13(8-18(15)27)26-7-6-22-11-26/h2-3,6-8,10-11,14,16,21,27H,1,4-5,9H2/t14-,16+/m1/s1. The van der Waals surface area contributed by atoms with E-state index in [1.54, 1.807) is 35.4 Å². The van der Waals surface area contributed by atoms with Crippen LogP contribution < -0.4 is 5.32 Å². The molecule has 0 saturated carbocycles. The Morgan fingerprint density at radius 3 is 2.89 bits per heavy atom. The van der Waals surface area contributed by atoms with Crippen molar-refractivity contribution in [1.29, 1.82) is 0 Å². The first kappa shape index (κ1) is 17.3. The van der Waals surface area contributed by atoms with Crippen LogP contribution >= 0.6 is 0 Å². The van der Waals surface area contributed by atoms with Crippen molar-refractivity contribution in [2.24, 2.45) is 5.92 Å². The lowest BCUT2D eigenvalue weighted by molar-refractivity contribution is 0.220. The molecule has 2 aromatic heterocycles. The monoisotopic (exact) mass is 366 g/mol. The summed E-state index contributed by atoms with van der Waals surface area (Å²) in [5.41, 5.74) is 2.28. The second-order valence-corrected chi connectivity index (χ2v) is 6.48. The van der Waals surface area contributed by atoms with Gasteiger partial charge in [0, 0.05) is 36.5 Å². The molecule has 1 aliphatic rings. The van der Waals surface area contributed by atoms with E-state index in [-0.39, 0.29) is 11.7 Å². The third kappa shape index (κ3) is 3.43. The first-order valence-corrected chi connectivity index (χ1v) is 8.69. The van der Waals surface area contributed by atoms with E-state index in [0.717, 1.165) is 12.2 Å². The predicted octanol–water partition coefficient (Wildman–Crippen LogP) is 2.39. The average molecular weight is 366 g/mol. The van der Waals surface area contributed by atoms with Gasteiger partial charge in [-0.25, -0.2) is 14.4 Å². The minimum Gasteiger partial charge on any atom is -0.507 e. The molecule has 3 heterocycles. The highest BCUT2D eigenvalue weighted by Gasteiger charge is 2.28. The lowest BCUT2D eigenvalue weighted by atomic mass is 9.89. The molecule has 0 amide bonds. The molecule has 2 N–H and O–H groups in total. The third-order valence-electron chi connectivity index (χ3n) is 4.76. The maximum Gasteiger partial charge on any atom is 0.177 e. The Hall–Kier alpha value is -3.13. The highest BCUT2D eigenvalue weighted by molar-refractivity contribution is 5.68. The number of imidazole rings is 1. The molecule has 1 fully saturated rings. The first-order chi connectivity index (χ1) is 13.1. The third-order valence-corrected chi connectivity index (χ3v) is 4.76. The summed E-state index contributed by atoms with van der Waals surface area (Å²) in [4.78, 5) is 8.28. The number of rotatable bonds is 4. The van der Waals surface area contributed by atoms with Gasteiger partial charge in [-0.3, -0.25) is 0 Å². The van der Waals surface area contributed by atoms with E-state index in [0.29, 0.717) is 35.6 Å². The molecule has 0 unspecified atom stereocenters. The molecule has 7 nitrogen and oxygen atoms in total. The van der Waals surface area contributed by atoms with Crippen LogP contribution in [0.1, 0.15) is 12.2 Å². The van der Waals surface area contributed by atoms with Crippen molar-refractivity contribution in [2.75, 3.05) is 13.1 Å². The summed E-state index contributed by atoms with van der Waals surface area (Å²) >= 11 is 0. The van der Waals surface area contributed by atoms with Gasteiger partial charge < -0.3 is 15.0 Å². The van der Waals surface area contributed by atoms with Crippen LogP contribution in [0.4, 0.5) is 4.39 Å². The van der Waals surface area contributed by atoms with Crippen LogP contribution in [0.15, 0.2) is 49.7 Å². The second-order valence-electron chi connectivity index (χ2n) is 6.48. The minimum absolute atomic E-state index is 0.0612. The molecular formula is C19H19FN6O. The molecule has 0 bridgehead atoms. The van der Waals surface area contributed by atoms with Crippen LogP contribution in [0.5, 0.6) is 5.75 Å². The minimum atomic E-state index is -1.01. The number of phenolic OH excluding ortho intramolecular Hbond substituents is 1. The van der Waals surface area contributed by atoms with E-state index >= 15 is 0 Å². The van der Waals surface area contributed by atoms with Gasteiger partial charge >= 0.3 is 0 Å². The number of nitrogens with one attached hydrogen (secondary N) is 1. The van der Waals surface area contributed by atoms with Crippen molar-refractivity contribution < 1.29 is 9.50 Å². The number of alkyl halides is 1. The Kier molecular flexibility index (Phi) is 4.64. The lowest BCUT2D eigenvalue weighted by Gasteiger charge is -2.27. The highest BCUT2D eigenvalue weighted by Crippen LogP contribution is 2.31. The molecule has 138 valence electrons. The first-order valence-electron chi connectivity index (χ1n) is 8.69. The smallest absolute Gasteiger partial charge is 0.177 e. The largest absolute Gasteiger partial charge is 0.507 e. The number of hydrogen-bond donors (Lipinski definition) is 2. The zero-order valence-corrected chi connectivity index (χ0v) is 14.6. The van der Waals surface area contributed by atoms with E-state index in [1.165, 1.54) is 6.20 Å². The molecule has 3 aromatic rings. The van der Waals surface area contributed by atoms with E-state index in [2.05, 4.69) is 32.1 Å². The van der Waals surface area contributed by atoms with Crippen LogP contribution in [-0.4, -0.2) is 49.1 Å². The number of hydrogen-bond acceptors (Lipinski definition) is 6. The Morgan fingerprint density at radius 1 is 1.33 bits per heavy atom. The zero-order valence-electron chi connectivity index (χ0n) is 14.6. The fourth-order valence-electron chi connectivity index (χ4n) is 3.23. The summed E-state index contributed by atoms with van der Waals surface area (Å²) in [5, 5.41) is 21.6. The maximum atomic E-state index is 14.1. The quantitative estimate of drug-likeness (QED) is 0.737. The number of benzene rings is 1. The van der Waals surface area contributed by atoms with Gasteiger partial charge in [-0.15, -0.1) is 10.2 Å². The fourth-order valence-corrected chi connectivity index (χ4v) is 3.23. The number of aromatic nitrogens is 5. The van der Waals surface area contributed by atoms with Gasteiger partial charge in [0.05, 0.1) is 18.2 Å². The SMILES string of the molecule is C=C(c1ncc(-c2ccc(-n3ccnc3)cc2O)nn1)[C@H]1CCNC[C@@H]1F. The molecule has 2 atom stereocenters. The Balaban J connectivity index is 1.56. The summed E-state index contributed by atoms with van der Waals surface area (Å²) in [6.45, 7) is 5.02. The van der Waals surface area contributed by atoms with Crippen LogP contribution in [0.25, 0.3) is 22.5 Å². The van der Waals surface area contributed by atoms with Crippen LogP contribution in [0.3, 0.4) is 0 Å². The van der Waals surface area contributed by atoms with Gasteiger partial charge in [-0.2, -0.15) is 0 Å². The topological polar surface area (TPSA) is 88.8 Å². The molecule has 0 aliphatic carbocycles. The number of allylic oxidation sites excluding steroid dienone is 1. The summed E-state index contributed by atoms with van der Waals surface area (Å²) < 4.78 is 15.9. The average Bonchev–Trinajstić information content (AvgIpc) is 3.23. The van der Waals surface area contributed by atoms with Gasteiger partial charge in [0.1, 0.15) is 17.6 Å². The lowest BCUT2D eigenvalue weighted by Crippen LogP contribution is -2.38. The molecule has 0 radical (unpaired) electrons. The van der Waals surface area contributed by atoms with Crippen LogP contribution in [-0.2, 0) is 0 Å². The van der Waals surface area contributed by atoms with Crippen LogP contribution in [0, 0.1) is 5.92 Å². The van der Waals surface area contributed by atoms with E-state index in [1.807, 2.05) is 6.07 Å². The molecular weight excluding hydrogens is 347 g/mol. The maximum absolute atomic E-state index is 14.1. The number of halogens is 1. The van der Waals surface area contributed by atoms with Gasteiger partial charge in [-0.1, -0.05) is 6.58 Å². The number of nitrogens with zero attached hydrogens (tertiary/aromatic N) is 5. The van der Waals surface area contributed by atoms with Crippen molar-refractivity contribution >= 4 is 5.57 Å². The van der Waals surface area contributed by atoms with Crippen molar-refractivity contribution in [3.63, 3.8) is 0 Å². The second kappa shape index (κ2) is 7.24. The Labute approximate surface area is 155 Å². The van der Waals surface area contributed by atoms with Crippen molar-refractivity contribution in [3.8, 4) is 22.7 Å². The summed E-state index contributed by atoms with van der Waals surface area (Å²) in [7, 11) is 0. The molecule has 1 saturated heterocycles. The predicted molar refractivity (Wildman–Crippen MR) is 99.0 cm³/mol. The van der Waals surface area contributed by atoms with Crippen molar-refractivity contribution in [1.82, 2.24) is 30.0 Å². The summed E-state index contributed by atoms with van der Waals surface area (Å²) in [6, 6.07) is 5.21. The molecule has 27 heavy (non-hydrogen) atoms. The fraction of sp³-hybridized carbons (Fsp3) is 0.263. The zero-order chi connectivity index (χ0) is 18.8. The number of phenols is 1. The van der Waals surface area contributed by atoms with Crippen molar-refractivity contribution in [3.05, 3.63) is 55.5 Å². The molecule has 8 heteroatoms. The Bertz CT molecular complexity index is 941. The summed E-state index contributed by atoms with van der Waals surface area (Å²) in [5.74, 6) is 0.0932. The van der Waals surface area contributed by atoms with Gasteiger partial charge in [0.25, 0.3) is 0 Å². The summed E-state index contributed by atoms with van der Waals surface area (Å²) in [6.07, 6.45) is 6.27. The molecule has 1 aliphatic heterocycles. The van der Waals surface area contributed by atoms with E-state index < -0.39 is 6.17 Å². The normalized spacial score (nSPS) is 19.7. The van der Waals surface area contributed by atoms with Crippen molar-refractivity contribution in [2.45, 2.75) is 12.6 Å². The van der Waals surface area contributed by atoms with E-state index in [9.17, 15) is 9.50 Å². The molecule has 0 spiro atoms. The molecule has 1 aromatic carbocycles. The van der Waals surface area contributed by atoms with Crippen LogP contribution in [0.2, 0.25) is 0 Å². The van der Waals surface area contributed by atoms with Gasteiger partial charge in [0.15, 0.2) is 5.82 Å². The van der Waals surface area contributed by atoms with Gasteiger partial charge in [-0.05, 0) is 30.7 Å². The van der Waals surface area contributed by atoms with E-state index in [4.69, 9.17) is 0 Å². The highest BCUT2D eigenvalue weighted by atomic mass is 19.1. The number of piperidine rings is 1. The Morgan fingerprint density at radius 2 is 2.22 bits per heavy atom. The van der Waals surface area contributed by atoms with Gasteiger partial charge in [0.2, 0.25) is 0 Å².